The number of aromatic nitrogens is 1. The van der Waals surface area contributed by atoms with Crippen LogP contribution < -0.4 is 5.73 Å². The van der Waals surface area contributed by atoms with Crippen molar-refractivity contribution in [2.24, 2.45) is 23.5 Å². The second-order valence-corrected chi connectivity index (χ2v) is 9.99. The molecule has 29 heavy (non-hydrogen) atoms. The number of benzene rings is 1. The summed E-state index contributed by atoms with van der Waals surface area (Å²) in [6.45, 7) is 4.48. The van der Waals surface area contributed by atoms with Crippen LogP contribution in [-0.4, -0.2) is 52.9 Å². The van der Waals surface area contributed by atoms with Crippen LogP contribution in [0, 0.1) is 17.8 Å². The molecule has 2 bridgehead atoms. The maximum Gasteiger partial charge on any atom is 0.225 e. The lowest BCUT2D eigenvalue weighted by Gasteiger charge is -2.45. The molecule has 2 aliphatic carbocycles. The van der Waals surface area contributed by atoms with Gasteiger partial charge in [0.2, 0.25) is 5.91 Å². The van der Waals surface area contributed by atoms with Gasteiger partial charge in [-0.05, 0) is 49.7 Å². The molecule has 2 aromatic rings. The van der Waals surface area contributed by atoms with E-state index in [4.69, 9.17) is 10.7 Å². The molecular formula is C22H31ClN4OS. The maximum absolute atomic E-state index is 13.1. The minimum atomic E-state index is 0. The van der Waals surface area contributed by atoms with Gasteiger partial charge in [-0.2, -0.15) is 0 Å². The molecule has 2 saturated carbocycles. The quantitative estimate of drug-likeness (QED) is 0.802. The van der Waals surface area contributed by atoms with Crippen molar-refractivity contribution in [3.8, 4) is 0 Å². The van der Waals surface area contributed by atoms with E-state index in [1.165, 1.54) is 29.0 Å². The van der Waals surface area contributed by atoms with Crippen LogP contribution in [0.25, 0.3) is 10.2 Å². The monoisotopic (exact) mass is 434 g/mol. The minimum absolute atomic E-state index is 0. The number of hydrogen-bond donors (Lipinski definition) is 1. The first-order valence-corrected chi connectivity index (χ1v) is 11.6. The van der Waals surface area contributed by atoms with E-state index in [0.717, 1.165) is 51.1 Å². The summed E-state index contributed by atoms with van der Waals surface area (Å²) in [7, 11) is 0. The molecule has 1 aromatic heterocycles. The van der Waals surface area contributed by atoms with Crippen LogP contribution in [0.3, 0.4) is 0 Å². The molecule has 1 aliphatic heterocycles. The third-order valence-electron chi connectivity index (χ3n) is 7.14. The van der Waals surface area contributed by atoms with Crippen molar-refractivity contribution in [2.45, 2.75) is 44.7 Å². The van der Waals surface area contributed by atoms with E-state index < -0.39 is 0 Å². The zero-order valence-electron chi connectivity index (χ0n) is 16.8. The van der Waals surface area contributed by atoms with Crippen molar-refractivity contribution in [3.63, 3.8) is 0 Å². The Balaban J connectivity index is 0.00000205. The summed E-state index contributed by atoms with van der Waals surface area (Å²) in [5.74, 6) is 1.75. The lowest BCUT2D eigenvalue weighted by atomic mass is 9.65. The predicted octanol–water partition coefficient (Wildman–Crippen LogP) is 3.52. The van der Waals surface area contributed by atoms with Gasteiger partial charge >= 0.3 is 0 Å². The molecule has 0 spiro atoms. The summed E-state index contributed by atoms with van der Waals surface area (Å²) in [6, 6.07) is 8.67. The van der Waals surface area contributed by atoms with Gasteiger partial charge in [-0.1, -0.05) is 18.6 Å². The normalized spacial score (nSPS) is 30.2. The first-order valence-electron chi connectivity index (χ1n) is 10.8. The van der Waals surface area contributed by atoms with E-state index in [1.54, 1.807) is 11.3 Å². The van der Waals surface area contributed by atoms with Gasteiger partial charge in [-0.3, -0.25) is 9.69 Å². The van der Waals surface area contributed by atoms with Crippen LogP contribution >= 0.6 is 23.7 Å². The highest BCUT2D eigenvalue weighted by molar-refractivity contribution is 7.18. The summed E-state index contributed by atoms with van der Waals surface area (Å²) >= 11 is 1.79. The van der Waals surface area contributed by atoms with Gasteiger partial charge in [-0.25, -0.2) is 4.98 Å². The van der Waals surface area contributed by atoms with E-state index in [2.05, 4.69) is 28.0 Å². The smallest absolute Gasteiger partial charge is 0.225 e. The Labute approximate surface area is 183 Å². The number of piperazine rings is 1. The second kappa shape index (κ2) is 8.88. The lowest BCUT2D eigenvalue weighted by molar-refractivity contribution is -0.140. The zero-order valence-corrected chi connectivity index (χ0v) is 18.5. The Morgan fingerprint density at radius 1 is 1.10 bits per heavy atom. The van der Waals surface area contributed by atoms with Gasteiger partial charge in [-0.15, -0.1) is 23.7 Å². The molecule has 0 radical (unpaired) electrons. The first-order chi connectivity index (χ1) is 13.7. The number of rotatable bonds is 3. The molecule has 5 rings (SSSR count). The lowest BCUT2D eigenvalue weighted by Crippen LogP contribution is -2.53. The highest BCUT2D eigenvalue weighted by atomic mass is 35.5. The van der Waals surface area contributed by atoms with Crippen LogP contribution in [0.15, 0.2) is 24.3 Å². The third kappa shape index (κ3) is 4.31. The molecule has 7 heteroatoms. The van der Waals surface area contributed by atoms with Crippen LogP contribution in [-0.2, 0) is 11.3 Å². The average molecular weight is 435 g/mol. The molecule has 2 heterocycles. The Hall–Kier alpha value is -1.21. The fourth-order valence-electron chi connectivity index (χ4n) is 5.55. The van der Waals surface area contributed by atoms with Gasteiger partial charge in [0.1, 0.15) is 5.01 Å². The summed E-state index contributed by atoms with van der Waals surface area (Å²) in [5.41, 5.74) is 7.50. The standard InChI is InChI=1S/C22H30N4OS.ClH/c23-21-15-4-3-5-16(21)13-17(12-15)22(27)26-10-8-25(9-11-26)14-20-24-18-6-1-2-7-19(18)28-20;/h1-2,6-7,15-17,21H,3-5,8-14,23H2;1H. The van der Waals surface area contributed by atoms with E-state index in [-0.39, 0.29) is 18.3 Å². The Morgan fingerprint density at radius 2 is 1.79 bits per heavy atom. The van der Waals surface area contributed by atoms with E-state index in [9.17, 15) is 4.79 Å². The number of carbonyl (C=O) groups excluding carboxylic acids is 1. The Morgan fingerprint density at radius 3 is 2.48 bits per heavy atom. The molecule has 2 unspecified atom stereocenters. The highest BCUT2D eigenvalue weighted by Crippen LogP contribution is 2.42. The molecule has 158 valence electrons. The number of amides is 1. The number of hydrogen-bond acceptors (Lipinski definition) is 5. The number of halogens is 1. The molecular weight excluding hydrogens is 404 g/mol. The molecule has 3 aliphatic rings. The zero-order chi connectivity index (χ0) is 19.1. The molecule has 2 N–H and O–H groups in total. The van der Waals surface area contributed by atoms with Gasteiger partial charge in [0.05, 0.1) is 16.8 Å². The SMILES string of the molecule is Cl.NC1C2CCCC1CC(C(=O)N1CCN(Cc3nc4ccccc4s3)CC1)C2. The first kappa shape index (κ1) is 21.0. The minimum Gasteiger partial charge on any atom is -0.340 e. The topological polar surface area (TPSA) is 62.5 Å². The van der Waals surface area contributed by atoms with E-state index in [1.807, 2.05) is 6.07 Å². The molecule has 1 saturated heterocycles. The van der Waals surface area contributed by atoms with Crippen molar-refractivity contribution < 1.29 is 4.79 Å². The third-order valence-corrected chi connectivity index (χ3v) is 8.16. The van der Waals surface area contributed by atoms with Crippen LogP contribution in [0.4, 0.5) is 0 Å². The Bertz CT molecular complexity index is 803. The largest absolute Gasteiger partial charge is 0.340 e. The molecule has 3 fully saturated rings. The number of fused-ring (bicyclic) bond motifs is 3. The van der Waals surface area contributed by atoms with Crippen molar-refractivity contribution in [1.82, 2.24) is 14.8 Å². The van der Waals surface area contributed by atoms with Crippen LogP contribution in [0.5, 0.6) is 0 Å². The second-order valence-electron chi connectivity index (χ2n) is 8.87. The summed E-state index contributed by atoms with van der Waals surface area (Å²) in [4.78, 5) is 22.4. The summed E-state index contributed by atoms with van der Waals surface area (Å²) in [6.07, 6.45) is 5.77. The Kier molecular flexibility index (Phi) is 6.44. The number of para-hydroxylation sites is 1. The molecule has 1 amide bonds. The summed E-state index contributed by atoms with van der Waals surface area (Å²) in [5, 5.41) is 1.18. The van der Waals surface area contributed by atoms with Crippen LogP contribution in [0.2, 0.25) is 0 Å². The number of thiazole rings is 1. The van der Waals surface area contributed by atoms with Gasteiger partial charge in [0.15, 0.2) is 0 Å². The van der Waals surface area contributed by atoms with Crippen molar-refractivity contribution in [1.29, 1.82) is 0 Å². The molecule has 5 nitrogen and oxygen atoms in total. The van der Waals surface area contributed by atoms with Gasteiger partial charge in [0.25, 0.3) is 0 Å². The summed E-state index contributed by atoms with van der Waals surface area (Å²) < 4.78 is 1.26. The number of nitrogens with zero attached hydrogens (tertiary/aromatic N) is 3. The average Bonchev–Trinajstić information content (AvgIpc) is 3.10. The number of carbonyl (C=O) groups is 1. The van der Waals surface area contributed by atoms with Crippen molar-refractivity contribution >= 4 is 39.9 Å². The van der Waals surface area contributed by atoms with E-state index >= 15 is 0 Å². The number of nitrogens with two attached hydrogens (primary N) is 1. The van der Waals surface area contributed by atoms with Gasteiger partial charge in [0, 0.05) is 38.1 Å². The fourth-order valence-corrected chi connectivity index (χ4v) is 6.56. The molecule has 1 aromatic carbocycles. The van der Waals surface area contributed by atoms with E-state index in [0.29, 0.717) is 23.8 Å². The predicted molar refractivity (Wildman–Crippen MR) is 120 cm³/mol. The van der Waals surface area contributed by atoms with Gasteiger partial charge < -0.3 is 10.6 Å². The highest BCUT2D eigenvalue weighted by Gasteiger charge is 2.41. The van der Waals surface area contributed by atoms with Crippen LogP contribution in [0.1, 0.15) is 37.1 Å². The maximum atomic E-state index is 13.1. The fraction of sp³-hybridized carbons (Fsp3) is 0.636. The molecule has 2 atom stereocenters. The van der Waals surface area contributed by atoms with Crippen molar-refractivity contribution in [3.05, 3.63) is 29.3 Å². The van der Waals surface area contributed by atoms with Crippen molar-refractivity contribution in [2.75, 3.05) is 26.2 Å².